The van der Waals surface area contributed by atoms with Gasteiger partial charge in [0, 0.05) is 0 Å². The van der Waals surface area contributed by atoms with E-state index >= 15 is 0 Å². The van der Waals surface area contributed by atoms with Gasteiger partial charge >= 0.3 is 17.9 Å². The number of carboxylic acid groups (broad SMARTS) is 3. The quantitative estimate of drug-likeness (QED) is 0.149. The number of hydrogen-bond donors (Lipinski definition) is 5. The first-order chi connectivity index (χ1) is 15.0. The van der Waals surface area contributed by atoms with Crippen LogP contribution < -0.4 is 10.6 Å². The van der Waals surface area contributed by atoms with Crippen molar-refractivity contribution in [1.29, 1.82) is 0 Å². The van der Waals surface area contributed by atoms with Crippen molar-refractivity contribution in [3.8, 4) is 0 Å². The van der Waals surface area contributed by atoms with Gasteiger partial charge in [-0.2, -0.15) is 0 Å². The number of aliphatic carboxylic acids is 3. The van der Waals surface area contributed by atoms with Crippen LogP contribution in [-0.4, -0.2) is 62.9 Å². The van der Waals surface area contributed by atoms with Gasteiger partial charge in [-0.05, 0) is 13.3 Å². The summed E-state index contributed by atoms with van der Waals surface area (Å²) in [6.07, 6.45) is 8.61. The number of rotatable bonds is 18. The molecule has 0 aromatic rings. The van der Waals surface area contributed by atoms with Gasteiger partial charge in [0.1, 0.15) is 5.92 Å². The highest BCUT2D eigenvalue weighted by atomic mass is 16.4. The van der Waals surface area contributed by atoms with Gasteiger partial charge in [0.15, 0.2) is 11.8 Å². The summed E-state index contributed by atoms with van der Waals surface area (Å²) >= 11 is 0. The minimum atomic E-state index is -2.26. The lowest BCUT2D eigenvalue weighted by Gasteiger charge is -2.20. The van der Waals surface area contributed by atoms with Crippen LogP contribution in [0.1, 0.15) is 78.1 Å². The summed E-state index contributed by atoms with van der Waals surface area (Å²) in [7, 11) is 0. The van der Waals surface area contributed by atoms with Crippen molar-refractivity contribution in [2.24, 2.45) is 5.92 Å². The van der Waals surface area contributed by atoms with E-state index in [1.165, 1.54) is 12.8 Å². The van der Waals surface area contributed by atoms with Gasteiger partial charge in [-0.1, -0.05) is 64.7 Å². The Labute approximate surface area is 186 Å². The zero-order valence-corrected chi connectivity index (χ0v) is 18.6. The fraction of sp³-hybridized carbons (Fsp3) is 0.714. The van der Waals surface area contributed by atoms with Crippen LogP contribution in [0.4, 0.5) is 0 Å². The molecule has 0 aliphatic heterocycles. The average Bonchev–Trinajstić information content (AvgIpc) is 2.70. The first-order valence-electron chi connectivity index (χ1n) is 10.8. The highest BCUT2D eigenvalue weighted by molar-refractivity contribution is 6.09. The predicted octanol–water partition coefficient (Wildman–Crippen LogP) is 1.34. The fourth-order valence-corrected chi connectivity index (χ4v) is 3.09. The SMILES string of the molecule is CCCCCCCCCCCC(C(=O)NC(C(C)=O)C(=O)O)C(=O)NC(C(=O)O)C(=O)O. The van der Waals surface area contributed by atoms with Gasteiger partial charge in [-0.15, -0.1) is 0 Å². The van der Waals surface area contributed by atoms with Gasteiger partial charge < -0.3 is 26.0 Å². The van der Waals surface area contributed by atoms with Crippen molar-refractivity contribution in [1.82, 2.24) is 10.6 Å². The summed E-state index contributed by atoms with van der Waals surface area (Å²) in [4.78, 5) is 69.6. The van der Waals surface area contributed by atoms with Gasteiger partial charge in [-0.25, -0.2) is 14.4 Å². The summed E-state index contributed by atoms with van der Waals surface area (Å²) in [5.74, 6) is -9.89. The fourth-order valence-electron chi connectivity index (χ4n) is 3.09. The molecule has 0 radical (unpaired) electrons. The normalized spacial score (nSPS) is 12.6. The van der Waals surface area contributed by atoms with Crippen LogP contribution in [0.25, 0.3) is 0 Å². The van der Waals surface area contributed by atoms with Crippen LogP contribution in [-0.2, 0) is 28.8 Å². The van der Waals surface area contributed by atoms with E-state index in [0.29, 0.717) is 12.8 Å². The Morgan fingerprint density at radius 3 is 1.38 bits per heavy atom. The van der Waals surface area contributed by atoms with Gasteiger partial charge in [0.25, 0.3) is 0 Å². The zero-order valence-electron chi connectivity index (χ0n) is 18.6. The van der Waals surface area contributed by atoms with Crippen molar-refractivity contribution < 1.29 is 44.1 Å². The Bertz CT molecular complexity index is 604. The van der Waals surface area contributed by atoms with E-state index in [9.17, 15) is 28.8 Å². The van der Waals surface area contributed by atoms with E-state index < -0.39 is 53.5 Å². The van der Waals surface area contributed by atoms with Crippen molar-refractivity contribution in [2.75, 3.05) is 0 Å². The lowest BCUT2D eigenvalue weighted by Crippen LogP contribution is -2.54. The summed E-state index contributed by atoms with van der Waals surface area (Å²) in [6, 6.07) is -4.13. The second kappa shape index (κ2) is 15.8. The molecule has 0 aromatic heterocycles. The molecule has 2 atom stereocenters. The summed E-state index contributed by atoms with van der Waals surface area (Å²) in [5, 5.41) is 30.7. The third-order valence-electron chi connectivity index (χ3n) is 4.95. The molecule has 0 rings (SSSR count). The van der Waals surface area contributed by atoms with E-state index in [0.717, 1.165) is 39.0 Å². The number of carbonyl (C=O) groups excluding carboxylic acids is 3. The zero-order chi connectivity index (χ0) is 24.7. The lowest BCUT2D eigenvalue weighted by atomic mass is 9.97. The van der Waals surface area contributed by atoms with E-state index in [1.54, 1.807) is 5.32 Å². The molecular weight excluding hydrogens is 424 g/mol. The Kier molecular flexibility index (Phi) is 14.3. The van der Waals surface area contributed by atoms with Crippen LogP contribution in [0.2, 0.25) is 0 Å². The van der Waals surface area contributed by atoms with E-state index in [1.807, 2.05) is 5.32 Å². The van der Waals surface area contributed by atoms with Crippen molar-refractivity contribution >= 4 is 35.5 Å². The molecule has 0 aromatic carbocycles. The molecule has 0 saturated heterocycles. The second-order valence-corrected chi connectivity index (χ2v) is 7.68. The molecule has 2 unspecified atom stereocenters. The second-order valence-electron chi connectivity index (χ2n) is 7.68. The average molecular weight is 459 g/mol. The Morgan fingerprint density at radius 2 is 1.00 bits per heavy atom. The van der Waals surface area contributed by atoms with Crippen molar-refractivity contribution in [3.63, 3.8) is 0 Å². The smallest absolute Gasteiger partial charge is 0.338 e. The maximum absolute atomic E-state index is 12.5. The van der Waals surface area contributed by atoms with Gasteiger partial charge in [-0.3, -0.25) is 14.4 Å². The molecular formula is C21H34N2O9. The van der Waals surface area contributed by atoms with Crippen LogP contribution in [0, 0.1) is 5.92 Å². The first kappa shape index (κ1) is 29.0. The number of carboxylic acids is 3. The van der Waals surface area contributed by atoms with E-state index in [-0.39, 0.29) is 6.42 Å². The van der Waals surface area contributed by atoms with E-state index in [4.69, 9.17) is 15.3 Å². The minimum absolute atomic E-state index is 0.0519. The minimum Gasteiger partial charge on any atom is -0.479 e. The summed E-state index contributed by atoms with van der Waals surface area (Å²) in [5.41, 5.74) is 0. The molecule has 11 heteroatoms. The van der Waals surface area contributed by atoms with Crippen molar-refractivity contribution in [2.45, 2.75) is 90.1 Å². The topological polar surface area (TPSA) is 187 Å². The van der Waals surface area contributed by atoms with E-state index in [2.05, 4.69) is 6.92 Å². The molecule has 0 fully saturated rings. The Morgan fingerprint density at radius 1 is 0.625 bits per heavy atom. The molecule has 32 heavy (non-hydrogen) atoms. The number of unbranched alkanes of at least 4 members (excludes halogenated alkanes) is 8. The van der Waals surface area contributed by atoms with Gasteiger partial charge in [0.2, 0.25) is 17.9 Å². The monoisotopic (exact) mass is 458 g/mol. The highest BCUT2D eigenvalue weighted by Gasteiger charge is 2.35. The number of nitrogens with one attached hydrogen (secondary N) is 2. The molecule has 0 aliphatic carbocycles. The van der Waals surface area contributed by atoms with Gasteiger partial charge in [0.05, 0.1) is 0 Å². The molecule has 0 heterocycles. The number of ketones is 1. The molecule has 11 nitrogen and oxygen atoms in total. The predicted molar refractivity (Wildman–Crippen MR) is 113 cm³/mol. The van der Waals surface area contributed by atoms with Crippen LogP contribution >= 0.6 is 0 Å². The Hall–Kier alpha value is -2.98. The molecule has 0 bridgehead atoms. The van der Waals surface area contributed by atoms with Crippen molar-refractivity contribution in [3.05, 3.63) is 0 Å². The highest BCUT2D eigenvalue weighted by Crippen LogP contribution is 2.15. The molecule has 5 N–H and O–H groups in total. The first-order valence-corrected chi connectivity index (χ1v) is 10.8. The maximum Gasteiger partial charge on any atom is 0.338 e. The standard InChI is InChI=1S/C21H34N2O9/c1-3-4-5-6-7-8-9-10-11-12-14(17(25)22-15(13(2)24)19(27)28)18(26)23-16(20(29)30)21(31)32/h14-16H,3-12H2,1-2H3,(H,22,25)(H,23,26)(H,27,28)(H,29,30)(H,31,32). The number of amides is 2. The molecule has 0 spiro atoms. The Balaban J connectivity index is 5.03. The molecule has 2 amide bonds. The third-order valence-corrected chi connectivity index (χ3v) is 4.95. The molecule has 0 aliphatic rings. The molecule has 182 valence electrons. The third kappa shape index (κ3) is 11.4. The largest absolute Gasteiger partial charge is 0.479 e. The summed E-state index contributed by atoms with van der Waals surface area (Å²) < 4.78 is 0. The van der Waals surface area contributed by atoms with Crippen LogP contribution in [0.5, 0.6) is 0 Å². The summed E-state index contributed by atoms with van der Waals surface area (Å²) in [6.45, 7) is 3.09. The number of hydrogen-bond acceptors (Lipinski definition) is 6. The maximum atomic E-state index is 12.5. The lowest BCUT2D eigenvalue weighted by molar-refractivity contribution is -0.154. The van der Waals surface area contributed by atoms with Crippen LogP contribution in [0.3, 0.4) is 0 Å². The number of Topliss-reactive ketones (excluding diaryl/α,β-unsaturated/α-hetero) is 1. The molecule has 0 saturated carbocycles. The number of carbonyl (C=O) groups is 6. The van der Waals surface area contributed by atoms with Crippen LogP contribution in [0.15, 0.2) is 0 Å².